The summed E-state index contributed by atoms with van der Waals surface area (Å²) >= 11 is 7.79. The van der Waals surface area contributed by atoms with Crippen LogP contribution in [0.15, 0.2) is 72.8 Å². The Balaban J connectivity index is 1.17. The molecule has 5 nitrogen and oxygen atoms in total. The molecule has 5 rings (SSSR count). The van der Waals surface area contributed by atoms with Gasteiger partial charge in [-0.3, -0.25) is 4.79 Å². The molecule has 9 heteroatoms. The van der Waals surface area contributed by atoms with Crippen molar-refractivity contribution < 1.29 is 27.8 Å². The van der Waals surface area contributed by atoms with Crippen molar-refractivity contribution >= 4 is 34.6 Å². The van der Waals surface area contributed by atoms with Crippen molar-refractivity contribution in [2.75, 3.05) is 25.4 Å². The number of benzene rings is 3. The molecule has 3 aromatic carbocycles. The second kappa shape index (κ2) is 12.7. The maximum atomic E-state index is 13.9. The molecule has 214 valence electrons. The lowest BCUT2D eigenvalue weighted by Gasteiger charge is -2.15. The van der Waals surface area contributed by atoms with Crippen molar-refractivity contribution in [2.24, 2.45) is 0 Å². The van der Waals surface area contributed by atoms with E-state index in [0.29, 0.717) is 10.9 Å². The van der Waals surface area contributed by atoms with Crippen molar-refractivity contribution in [3.05, 3.63) is 99.9 Å². The van der Waals surface area contributed by atoms with Crippen LogP contribution in [0.1, 0.15) is 43.9 Å². The lowest BCUT2D eigenvalue weighted by atomic mass is 9.93. The van der Waals surface area contributed by atoms with Crippen molar-refractivity contribution in [2.45, 2.75) is 38.2 Å². The average molecular weight is 598 g/mol. The third-order valence-electron chi connectivity index (χ3n) is 7.20. The molecule has 1 aromatic heterocycles. The molecule has 0 spiro atoms. The standard InChI is InChI=1S/C32H30ClF2NO4S/c1-3-39-31(37)32(14-15-32)24-10-8-22(9-11-24)21-4-6-23(7-5-21)30-28(17-29(33)41-30)36-18-38-19-40-20(2)26-13-12-25(34)16-27(26)35/h4-13,16-17,20,36H,3,14-15,18-19H2,1-2H3/t20-/m1/s1. The quantitative estimate of drug-likeness (QED) is 0.101. The summed E-state index contributed by atoms with van der Waals surface area (Å²) in [7, 11) is 0. The fraction of sp³-hybridized carbons (Fsp3) is 0.281. The maximum Gasteiger partial charge on any atom is 0.316 e. The highest BCUT2D eigenvalue weighted by atomic mass is 35.5. The summed E-state index contributed by atoms with van der Waals surface area (Å²) in [5.74, 6) is -1.42. The molecule has 41 heavy (non-hydrogen) atoms. The minimum Gasteiger partial charge on any atom is -0.465 e. The van der Waals surface area contributed by atoms with Crippen LogP contribution >= 0.6 is 22.9 Å². The number of carbonyl (C=O) groups excluding carboxylic acids is 1. The van der Waals surface area contributed by atoms with Gasteiger partial charge in [0, 0.05) is 11.6 Å². The molecule has 0 unspecified atom stereocenters. The maximum absolute atomic E-state index is 13.9. The van der Waals surface area contributed by atoms with Gasteiger partial charge in [0.05, 0.1) is 33.0 Å². The van der Waals surface area contributed by atoms with Gasteiger partial charge in [0.15, 0.2) is 0 Å². The van der Waals surface area contributed by atoms with Crippen molar-refractivity contribution in [3.63, 3.8) is 0 Å². The Bertz CT molecular complexity index is 1500. The summed E-state index contributed by atoms with van der Waals surface area (Å²) in [6.45, 7) is 3.97. The van der Waals surface area contributed by atoms with Crippen LogP contribution in [0, 0.1) is 11.6 Å². The number of carbonyl (C=O) groups is 1. The monoisotopic (exact) mass is 597 g/mol. The van der Waals surface area contributed by atoms with E-state index in [1.165, 1.54) is 23.5 Å². The van der Waals surface area contributed by atoms with E-state index < -0.39 is 23.2 Å². The molecule has 0 radical (unpaired) electrons. The highest BCUT2D eigenvalue weighted by Gasteiger charge is 2.52. The summed E-state index contributed by atoms with van der Waals surface area (Å²) in [6, 6.07) is 21.6. The van der Waals surface area contributed by atoms with Gasteiger partial charge in [-0.25, -0.2) is 8.78 Å². The zero-order valence-electron chi connectivity index (χ0n) is 22.7. The normalized spacial score (nSPS) is 14.5. The molecule has 1 N–H and O–H groups in total. The Hall–Kier alpha value is -3.30. The zero-order chi connectivity index (χ0) is 29.0. The van der Waals surface area contributed by atoms with Crippen LogP contribution in [0.25, 0.3) is 21.6 Å². The number of halogens is 3. The van der Waals surface area contributed by atoms with E-state index in [0.717, 1.165) is 51.7 Å². The van der Waals surface area contributed by atoms with E-state index in [2.05, 4.69) is 17.4 Å². The van der Waals surface area contributed by atoms with Crippen molar-refractivity contribution in [1.29, 1.82) is 0 Å². The van der Waals surface area contributed by atoms with Gasteiger partial charge >= 0.3 is 5.97 Å². The molecular formula is C32H30ClF2NO4S. The molecule has 1 fully saturated rings. The van der Waals surface area contributed by atoms with Crippen LogP contribution in [0.2, 0.25) is 4.34 Å². The Morgan fingerprint density at radius 2 is 1.66 bits per heavy atom. The van der Waals surface area contributed by atoms with Gasteiger partial charge in [-0.15, -0.1) is 11.3 Å². The average Bonchev–Trinajstić information content (AvgIpc) is 3.70. The van der Waals surface area contributed by atoms with E-state index in [-0.39, 0.29) is 25.1 Å². The van der Waals surface area contributed by atoms with E-state index in [4.69, 9.17) is 25.8 Å². The first-order valence-electron chi connectivity index (χ1n) is 13.4. The first-order chi connectivity index (χ1) is 19.8. The molecule has 1 heterocycles. The van der Waals surface area contributed by atoms with Gasteiger partial charge in [-0.05, 0) is 61.1 Å². The first kappa shape index (κ1) is 29.2. The highest BCUT2D eigenvalue weighted by molar-refractivity contribution is 7.20. The van der Waals surface area contributed by atoms with Crippen LogP contribution < -0.4 is 5.32 Å². The van der Waals surface area contributed by atoms with Crippen LogP contribution in [0.4, 0.5) is 14.5 Å². The van der Waals surface area contributed by atoms with Gasteiger partial charge in [0.1, 0.15) is 25.2 Å². The van der Waals surface area contributed by atoms with Crippen LogP contribution in [-0.2, 0) is 24.4 Å². The Morgan fingerprint density at radius 3 is 2.29 bits per heavy atom. The molecule has 0 bridgehead atoms. The second-order valence-electron chi connectivity index (χ2n) is 9.87. The summed E-state index contributed by atoms with van der Waals surface area (Å²) in [4.78, 5) is 13.4. The van der Waals surface area contributed by atoms with Crippen LogP contribution in [0.3, 0.4) is 0 Å². The minimum absolute atomic E-state index is 0.0768. The summed E-state index contributed by atoms with van der Waals surface area (Å²) in [5, 5.41) is 3.22. The number of ether oxygens (including phenoxy) is 3. The second-order valence-corrected chi connectivity index (χ2v) is 11.6. The van der Waals surface area contributed by atoms with Gasteiger partial charge in [0.2, 0.25) is 0 Å². The van der Waals surface area contributed by atoms with Crippen molar-refractivity contribution in [1.82, 2.24) is 0 Å². The Kier molecular flexibility index (Phi) is 9.04. The molecule has 0 saturated heterocycles. The molecule has 1 atom stereocenters. The zero-order valence-corrected chi connectivity index (χ0v) is 24.3. The summed E-state index contributed by atoms with van der Waals surface area (Å²) in [6.07, 6.45) is 1.06. The number of thiophene rings is 1. The van der Waals surface area contributed by atoms with E-state index in [1.54, 1.807) is 6.92 Å². The number of hydrogen-bond acceptors (Lipinski definition) is 6. The molecule has 1 aliphatic rings. The third-order valence-corrected chi connectivity index (χ3v) is 8.52. The number of esters is 1. The fourth-order valence-electron chi connectivity index (χ4n) is 4.75. The molecule has 4 aromatic rings. The number of anilines is 1. The fourth-order valence-corrected chi connectivity index (χ4v) is 5.96. The minimum atomic E-state index is -0.656. The highest BCUT2D eigenvalue weighted by Crippen LogP contribution is 2.49. The van der Waals surface area contributed by atoms with Crippen LogP contribution in [0.5, 0.6) is 0 Å². The number of rotatable bonds is 12. The van der Waals surface area contributed by atoms with Crippen LogP contribution in [-0.4, -0.2) is 26.1 Å². The van der Waals surface area contributed by atoms with E-state index in [9.17, 15) is 13.6 Å². The SMILES string of the molecule is CCOC(=O)C1(c2ccc(-c3ccc(-c4sc(Cl)cc4NCOCO[C@H](C)c4ccc(F)cc4F)cc3)cc2)CC1. The molecule has 0 aliphatic heterocycles. The van der Waals surface area contributed by atoms with Gasteiger partial charge in [0.25, 0.3) is 0 Å². The molecular weight excluding hydrogens is 568 g/mol. The number of nitrogens with one attached hydrogen (secondary N) is 1. The topological polar surface area (TPSA) is 56.8 Å². The predicted octanol–water partition coefficient (Wildman–Crippen LogP) is 8.73. The number of hydrogen-bond donors (Lipinski definition) is 1. The van der Waals surface area contributed by atoms with E-state index >= 15 is 0 Å². The molecule has 1 aliphatic carbocycles. The molecule has 0 amide bonds. The lowest BCUT2D eigenvalue weighted by molar-refractivity contribution is -0.146. The van der Waals surface area contributed by atoms with Gasteiger partial charge in [-0.2, -0.15) is 0 Å². The smallest absolute Gasteiger partial charge is 0.316 e. The predicted molar refractivity (Wildman–Crippen MR) is 158 cm³/mol. The summed E-state index contributed by atoms with van der Waals surface area (Å²) < 4.78 is 44.1. The summed E-state index contributed by atoms with van der Waals surface area (Å²) in [5.41, 5.74) is 4.73. The largest absolute Gasteiger partial charge is 0.465 e. The van der Waals surface area contributed by atoms with E-state index in [1.807, 2.05) is 49.4 Å². The molecule has 1 saturated carbocycles. The van der Waals surface area contributed by atoms with Crippen molar-refractivity contribution in [3.8, 4) is 21.6 Å². The van der Waals surface area contributed by atoms with Gasteiger partial charge in [-0.1, -0.05) is 66.2 Å². The third kappa shape index (κ3) is 6.62. The Labute approximate surface area is 247 Å². The Morgan fingerprint density at radius 1 is 1.00 bits per heavy atom. The first-order valence-corrected chi connectivity index (χ1v) is 14.6. The lowest BCUT2D eigenvalue weighted by Crippen LogP contribution is -2.23. The van der Waals surface area contributed by atoms with Gasteiger partial charge < -0.3 is 19.5 Å².